The maximum Gasteiger partial charge on any atom is 0.335 e. The van der Waals surface area contributed by atoms with Gasteiger partial charge in [0.05, 0.1) is 5.56 Å². The number of carboxylic acids is 1. The third kappa shape index (κ3) is 2.82. The molecule has 0 aliphatic carbocycles. The molecule has 1 aliphatic rings. The first-order chi connectivity index (χ1) is 8.72. The van der Waals surface area contributed by atoms with E-state index in [1.807, 2.05) is 13.0 Å². The number of benzene rings is 1. The van der Waals surface area contributed by atoms with Gasteiger partial charge in [0.25, 0.3) is 0 Å². The van der Waals surface area contributed by atoms with E-state index in [1.54, 1.807) is 12.1 Å². The number of rotatable bonds is 6. The zero-order valence-electron chi connectivity index (χ0n) is 10.7. The SMILES string of the molecule is CCOCCCN1CCc2cc(C(=O)O)ccc21. The molecule has 0 saturated carbocycles. The van der Waals surface area contributed by atoms with Crippen LogP contribution in [0.1, 0.15) is 29.3 Å². The molecular formula is C14H19NO3. The molecule has 4 heteroatoms. The normalized spacial score (nSPS) is 13.7. The van der Waals surface area contributed by atoms with Gasteiger partial charge in [-0.25, -0.2) is 4.79 Å². The van der Waals surface area contributed by atoms with E-state index in [9.17, 15) is 4.79 Å². The molecule has 0 radical (unpaired) electrons. The molecule has 0 bridgehead atoms. The van der Waals surface area contributed by atoms with Gasteiger partial charge in [0.15, 0.2) is 0 Å². The van der Waals surface area contributed by atoms with Crippen molar-refractivity contribution in [2.45, 2.75) is 19.8 Å². The van der Waals surface area contributed by atoms with Crippen LogP contribution in [0.5, 0.6) is 0 Å². The van der Waals surface area contributed by atoms with E-state index >= 15 is 0 Å². The summed E-state index contributed by atoms with van der Waals surface area (Å²) in [5.74, 6) is -0.854. The van der Waals surface area contributed by atoms with Crippen LogP contribution in [0.3, 0.4) is 0 Å². The Morgan fingerprint density at radius 3 is 3.06 bits per heavy atom. The number of fused-ring (bicyclic) bond motifs is 1. The smallest absolute Gasteiger partial charge is 0.335 e. The summed E-state index contributed by atoms with van der Waals surface area (Å²) in [5, 5.41) is 8.95. The van der Waals surface area contributed by atoms with Gasteiger partial charge in [0.2, 0.25) is 0 Å². The number of aromatic carboxylic acids is 1. The summed E-state index contributed by atoms with van der Waals surface area (Å²) < 4.78 is 5.33. The minimum atomic E-state index is -0.854. The topological polar surface area (TPSA) is 49.8 Å². The minimum Gasteiger partial charge on any atom is -0.478 e. The highest BCUT2D eigenvalue weighted by Crippen LogP contribution is 2.28. The number of carbonyl (C=O) groups is 1. The first kappa shape index (κ1) is 12.9. The molecule has 0 unspecified atom stereocenters. The van der Waals surface area contributed by atoms with E-state index in [1.165, 1.54) is 5.69 Å². The molecule has 0 spiro atoms. The molecule has 1 heterocycles. The lowest BCUT2D eigenvalue weighted by molar-refractivity contribution is 0.0697. The number of ether oxygens (including phenoxy) is 1. The van der Waals surface area contributed by atoms with Crippen molar-refractivity contribution < 1.29 is 14.6 Å². The average molecular weight is 249 g/mol. The molecule has 0 amide bonds. The van der Waals surface area contributed by atoms with E-state index < -0.39 is 5.97 Å². The van der Waals surface area contributed by atoms with Crippen molar-refractivity contribution in [3.63, 3.8) is 0 Å². The Bertz CT molecular complexity index is 431. The van der Waals surface area contributed by atoms with Crippen LogP contribution in [0.2, 0.25) is 0 Å². The fraction of sp³-hybridized carbons (Fsp3) is 0.500. The Kier molecular flexibility index (Phi) is 4.20. The molecule has 1 aromatic carbocycles. The van der Waals surface area contributed by atoms with Crippen LogP contribution >= 0.6 is 0 Å². The van der Waals surface area contributed by atoms with Crippen LogP contribution in [0.25, 0.3) is 0 Å². The maximum absolute atomic E-state index is 10.9. The van der Waals surface area contributed by atoms with Crippen molar-refractivity contribution in [1.82, 2.24) is 0 Å². The molecule has 1 N–H and O–H groups in total. The van der Waals surface area contributed by atoms with Crippen molar-refractivity contribution in [1.29, 1.82) is 0 Å². The molecule has 1 aromatic rings. The molecule has 4 nitrogen and oxygen atoms in total. The van der Waals surface area contributed by atoms with Crippen LogP contribution in [0, 0.1) is 0 Å². The van der Waals surface area contributed by atoms with E-state index in [-0.39, 0.29) is 0 Å². The molecule has 18 heavy (non-hydrogen) atoms. The molecule has 0 fully saturated rings. The molecule has 98 valence electrons. The number of hydrogen-bond acceptors (Lipinski definition) is 3. The summed E-state index contributed by atoms with van der Waals surface area (Å²) in [5.41, 5.74) is 2.70. The second-order valence-electron chi connectivity index (χ2n) is 4.44. The molecule has 0 saturated heterocycles. The average Bonchev–Trinajstić information content (AvgIpc) is 2.77. The Balaban J connectivity index is 1.98. The molecule has 2 rings (SSSR count). The quantitative estimate of drug-likeness (QED) is 0.785. The summed E-state index contributed by atoms with van der Waals surface area (Å²) in [6.07, 6.45) is 1.94. The predicted molar refractivity (Wildman–Crippen MR) is 70.4 cm³/mol. The zero-order valence-corrected chi connectivity index (χ0v) is 10.7. The van der Waals surface area contributed by atoms with E-state index in [0.29, 0.717) is 5.56 Å². The minimum absolute atomic E-state index is 0.380. The monoisotopic (exact) mass is 249 g/mol. The van der Waals surface area contributed by atoms with E-state index in [4.69, 9.17) is 9.84 Å². The van der Waals surface area contributed by atoms with Crippen molar-refractivity contribution in [2.75, 3.05) is 31.2 Å². The van der Waals surface area contributed by atoms with Gasteiger partial charge in [-0.15, -0.1) is 0 Å². The van der Waals surface area contributed by atoms with Crippen LogP contribution in [0.15, 0.2) is 18.2 Å². The molecule has 0 atom stereocenters. The van der Waals surface area contributed by atoms with Crippen molar-refractivity contribution in [3.8, 4) is 0 Å². The predicted octanol–water partition coefficient (Wildman–Crippen LogP) is 2.17. The highest BCUT2D eigenvalue weighted by Gasteiger charge is 2.19. The van der Waals surface area contributed by atoms with Crippen molar-refractivity contribution >= 4 is 11.7 Å². The highest BCUT2D eigenvalue weighted by atomic mass is 16.5. The summed E-state index contributed by atoms with van der Waals surface area (Å²) in [6.45, 7) is 5.50. The molecule has 1 aliphatic heterocycles. The van der Waals surface area contributed by atoms with Crippen LogP contribution in [-0.2, 0) is 11.2 Å². The molecular weight excluding hydrogens is 230 g/mol. The summed E-state index contributed by atoms with van der Waals surface area (Å²) in [4.78, 5) is 13.2. The third-order valence-electron chi connectivity index (χ3n) is 3.24. The number of carboxylic acid groups (broad SMARTS) is 1. The van der Waals surface area contributed by atoms with Crippen LogP contribution in [-0.4, -0.2) is 37.4 Å². The Morgan fingerprint density at radius 2 is 2.33 bits per heavy atom. The van der Waals surface area contributed by atoms with Gasteiger partial charge in [-0.3, -0.25) is 0 Å². The van der Waals surface area contributed by atoms with Gasteiger partial charge >= 0.3 is 5.97 Å². The number of anilines is 1. The Morgan fingerprint density at radius 1 is 1.50 bits per heavy atom. The lowest BCUT2D eigenvalue weighted by Crippen LogP contribution is -2.22. The largest absolute Gasteiger partial charge is 0.478 e. The fourth-order valence-electron chi connectivity index (χ4n) is 2.34. The maximum atomic E-state index is 10.9. The van der Waals surface area contributed by atoms with Gasteiger partial charge in [0.1, 0.15) is 0 Å². The van der Waals surface area contributed by atoms with E-state index in [0.717, 1.165) is 44.7 Å². The third-order valence-corrected chi connectivity index (χ3v) is 3.24. The number of hydrogen-bond donors (Lipinski definition) is 1. The lowest BCUT2D eigenvalue weighted by Gasteiger charge is -2.19. The van der Waals surface area contributed by atoms with E-state index in [2.05, 4.69) is 4.90 Å². The summed E-state index contributed by atoms with van der Waals surface area (Å²) in [6, 6.07) is 5.40. The van der Waals surface area contributed by atoms with Gasteiger partial charge in [0, 0.05) is 32.0 Å². The lowest BCUT2D eigenvalue weighted by atomic mass is 10.1. The van der Waals surface area contributed by atoms with Crippen molar-refractivity contribution in [2.24, 2.45) is 0 Å². The first-order valence-corrected chi connectivity index (χ1v) is 6.41. The Labute approximate surface area is 107 Å². The standard InChI is InChI=1S/C14H19NO3/c1-2-18-9-3-7-15-8-6-11-10-12(14(16)17)4-5-13(11)15/h4-5,10H,2-3,6-9H2,1H3,(H,16,17). The van der Waals surface area contributed by atoms with Gasteiger partial charge < -0.3 is 14.7 Å². The van der Waals surface area contributed by atoms with Crippen LogP contribution in [0.4, 0.5) is 5.69 Å². The zero-order chi connectivity index (χ0) is 13.0. The highest BCUT2D eigenvalue weighted by molar-refractivity contribution is 5.88. The second kappa shape index (κ2) is 5.87. The number of nitrogens with zero attached hydrogens (tertiary/aromatic N) is 1. The summed E-state index contributed by atoms with van der Waals surface area (Å²) in [7, 11) is 0. The second-order valence-corrected chi connectivity index (χ2v) is 4.44. The van der Waals surface area contributed by atoms with Crippen LogP contribution < -0.4 is 4.90 Å². The molecule has 0 aromatic heterocycles. The summed E-state index contributed by atoms with van der Waals surface area (Å²) >= 11 is 0. The van der Waals surface area contributed by atoms with Gasteiger partial charge in [-0.2, -0.15) is 0 Å². The first-order valence-electron chi connectivity index (χ1n) is 6.41. The Hall–Kier alpha value is -1.55. The van der Waals surface area contributed by atoms with Crippen molar-refractivity contribution in [3.05, 3.63) is 29.3 Å². The van der Waals surface area contributed by atoms with Gasteiger partial charge in [-0.1, -0.05) is 0 Å². The van der Waals surface area contributed by atoms with Gasteiger partial charge in [-0.05, 0) is 43.5 Å². The fourth-order valence-corrected chi connectivity index (χ4v) is 2.34.